The summed E-state index contributed by atoms with van der Waals surface area (Å²) in [4.78, 5) is 43.8. The molecule has 6 N–H and O–H groups in total. The summed E-state index contributed by atoms with van der Waals surface area (Å²) < 4.78 is 32.9. The third-order valence-electron chi connectivity index (χ3n) is 12.5. The lowest BCUT2D eigenvalue weighted by Crippen LogP contribution is -2.61. The molecule has 13 atom stereocenters. The molecule has 58 heavy (non-hydrogen) atoms. The van der Waals surface area contributed by atoms with Crippen LogP contribution >= 0.6 is 0 Å². The summed E-state index contributed by atoms with van der Waals surface area (Å²) >= 11 is 0. The number of aromatic nitrogens is 3. The number of carbonyl (C=O) groups is 3. The maximum atomic E-state index is 14.3. The monoisotopic (exact) mass is 814 g/mol. The van der Waals surface area contributed by atoms with E-state index in [2.05, 4.69) is 22.6 Å². The summed E-state index contributed by atoms with van der Waals surface area (Å²) in [7, 11) is 1.58. The zero-order valence-electron chi connectivity index (χ0n) is 35.8. The minimum Gasteiger partial charge on any atom is -0.458 e. The minimum absolute atomic E-state index is 0.0793. The van der Waals surface area contributed by atoms with E-state index in [1.807, 2.05) is 65.1 Å². The summed E-state index contributed by atoms with van der Waals surface area (Å²) in [5, 5.41) is 23.3. The fourth-order valence-corrected chi connectivity index (χ4v) is 9.20. The molecule has 3 aliphatic heterocycles. The molecule has 0 saturated carbocycles. The number of nitrogen functional groups attached to an aromatic ring is 1. The van der Waals surface area contributed by atoms with E-state index in [4.69, 9.17) is 35.2 Å². The molecule has 3 unspecified atom stereocenters. The van der Waals surface area contributed by atoms with Gasteiger partial charge in [-0.05, 0) is 97.7 Å². The van der Waals surface area contributed by atoms with Gasteiger partial charge in [-0.15, -0.1) is 5.10 Å². The van der Waals surface area contributed by atoms with Crippen molar-refractivity contribution in [1.29, 1.82) is 0 Å². The van der Waals surface area contributed by atoms with Crippen LogP contribution in [-0.4, -0.2) is 123 Å². The second-order valence-electron chi connectivity index (χ2n) is 17.3. The average Bonchev–Trinajstić information content (AvgIpc) is 3.76. The van der Waals surface area contributed by atoms with Gasteiger partial charge in [0.2, 0.25) is 0 Å². The number of ketones is 1. The second kappa shape index (κ2) is 19.1. The number of anilines is 1. The van der Waals surface area contributed by atoms with Crippen molar-refractivity contribution < 1.29 is 43.2 Å². The summed E-state index contributed by atoms with van der Waals surface area (Å²) in [5.74, 6) is -3.13. The van der Waals surface area contributed by atoms with Crippen molar-refractivity contribution in [2.24, 2.45) is 23.5 Å². The largest absolute Gasteiger partial charge is 0.458 e. The van der Waals surface area contributed by atoms with Crippen LogP contribution < -0.4 is 16.8 Å². The maximum Gasteiger partial charge on any atom is 0.410 e. The lowest BCUT2D eigenvalue weighted by molar-refractivity contribution is -0.288. The van der Waals surface area contributed by atoms with Gasteiger partial charge in [-0.3, -0.25) is 19.2 Å². The predicted octanol–water partition coefficient (Wildman–Crippen LogP) is 4.07. The van der Waals surface area contributed by atoms with Crippen LogP contribution in [0.3, 0.4) is 0 Å². The predicted molar refractivity (Wildman–Crippen MR) is 217 cm³/mol. The molecule has 1 aromatic heterocycles. The Hall–Kier alpha value is -3.67. The SMILES string of the molecule is CC[C@H]1OC(=O)[C@H](C)C(=O)[C@H](C)[C@@H](O[C@@H]2OC(C)CC(N)C2O)[C@](C)(OC)C[C@@H](C)CCN[C@H](C)[C@H]2N(CCCCn3cc(-c4cccc(N)c4)nn3)C(=O)O[C@]12C. The van der Waals surface area contributed by atoms with E-state index in [-0.39, 0.29) is 18.1 Å². The van der Waals surface area contributed by atoms with Crippen LogP contribution in [0, 0.1) is 17.8 Å². The number of rotatable bonds is 10. The number of amides is 1. The van der Waals surface area contributed by atoms with E-state index >= 15 is 0 Å². The highest BCUT2D eigenvalue weighted by atomic mass is 16.7. The van der Waals surface area contributed by atoms with Crippen LogP contribution in [0.4, 0.5) is 10.5 Å². The third-order valence-corrected chi connectivity index (χ3v) is 12.5. The van der Waals surface area contributed by atoms with Crippen molar-refractivity contribution in [3.8, 4) is 11.3 Å². The first kappa shape index (κ1) is 45.4. The topological polar surface area (TPSA) is 216 Å². The zero-order valence-corrected chi connectivity index (χ0v) is 35.8. The number of benzene rings is 1. The molecule has 0 bridgehead atoms. The lowest BCUT2D eigenvalue weighted by atomic mass is 9.78. The van der Waals surface area contributed by atoms with Crippen LogP contribution in [0.2, 0.25) is 0 Å². The maximum absolute atomic E-state index is 14.3. The van der Waals surface area contributed by atoms with E-state index in [1.54, 1.807) is 23.6 Å². The van der Waals surface area contributed by atoms with E-state index in [0.29, 0.717) is 51.0 Å². The fraction of sp³-hybridized carbons (Fsp3) is 0.738. The number of esters is 1. The number of fused-ring (bicyclic) bond motifs is 1. The van der Waals surface area contributed by atoms with Crippen molar-refractivity contribution in [2.45, 2.75) is 160 Å². The highest BCUT2D eigenvalue weighted by molar-refractivity contribution is 6.00. The number of hydrogen-bond acceptors (Lipinski definition) is 14. The van der Waals surface area contributed by atoms with Crippen LogP contribution in [0.1, 0.15) is 93.9 Å². The zero-order chi connectivity index (χ0) is 42.5. The highest BCUT2D eigenvalue weighted by Crippen LogP contribution is 2.40. The Morgan fingerprint density at radius 1 is 1.09 bits per heavy atom. The van der Waals surface area contributed by atoms with E-state index in [9.17, 15) is 19.5 Å². The molecule has 0 radical (unpaired) electrons. The van der Waals surface area contributed by atoms with Gasteiger partial charge >= 0.3 is 12.1 Å². The van der Waals surface area contributed by atoms with Gasteiger partial charge in [0, 0.05) is 49.5 Å². The highest BCUT2D eigenvalue weighted by Gasteiger charge is 2.58. The molecular weight excluding hydrogens is 747 g/mol. The molecule has 324 valence electrons. The number of ether oxygens (including phenoxy) is 5. The molecule has 3 saturated heterocycles. The molecule has 2 aromatic rings. The number of nitrogens with one attached hydrogen (secondary N) is 1. The van der Waals surface area contributed by atoms with Crippen molar-refractivity contribution in [2.75, 3.05) is 25.9 Å². The van der Waals surface area contributed by atoms with Gasteiger partial charge in [-0.1, -0.05) is 38.1 Å². The molecule has 16 nitrogen and oxygen atoms in total. The van der Waals surface area contributed by atoms with Crippen LogP contribution in [0.25, 0.3) is 11.3 Å². The first-order chi connectivity index (χ1) is 27.4. The summed E-state index contributed by atoms with van der Waals surface area (Å²) in [6.07, 6.45) is 0.520. The van der Waals surface area contributed by atoms with Crippen molar-refractivity contribution in [1.82, 2.24) is 25.2 Å². The Labute approximate surface area is 343 Å². The molecule has 3 aliphatic rings. The quantitative estimate of drug-likeness (QED) is 0.115. The second-order valence-corrected chi connectivity index (χ2v) is 17.3. The Bertz CT molecular complexity index is 1710. The number of nitrogens with zero attached hydrogens (tertiary/aromatic N) is 4. The molecule has 5 rings (SSSR count). The van der Waals surface area contributed by atoms with E-state index in [1.165, 1.54) is 6.92 Å². The van der Waals surface area contributed by atoms with Gasteiger partial charge in [-0.2, -0.15) is 0 Å². The van der Waals surface area contributed by atoms with Crippen molar-refractivity contribution >= 4 is 23.5 Å². The molecule has 0 aliphatic carbocycles. The summed E-state index contributed by atoms with van der Waals surface area (Å²) in [6, 6.07) is 6.16. The Kier molecular flexibility index (Phi) is 15.0. The van der Waals surface area contributed by atoms with Gasteiger partial charge in [0.05, 0.1) is 30.0 Å². The Morgan fingerprint density at radius 3 is 2.50 bits per heavy atom. The molecule has 1 amide bonds. The number of Topliss-reactive ketones (excluding diaryl/α,β-unsaturated/α-hetero) is 1. The standard InChI is InChI=1S/C42H67N7O9/c1-10-33-42(8)36(49(40(53)58-42)19-12-11-18-48-23-32(46-47-48)29-14-13-15-30(43)21-29)28(6)45-17-16-24(2)22-41(7,54-9)37(26(4)34(50)27(5)38(52)56-33)57-39-35(51)31(44)20-25(3)55-39/h13-15,21,23-28,31,33,35-37,39,45,51H,10-12,16-20,22,43-44H2,1-9H3/t24-,25?,26-,27+,28+,31?,33+,35?,36+,37+,39-,41+,42+/m0/s1. The first-order valence-electron chi connectivity index (χ1n) is 20.9. The summed E-state index contributed by atoms with van der Waals surface area (Å²) in [5.41, 5.74) is 12.2. The summed E-state index contributed by atoms with van der Waals surface area (Å²) in [6.45, 7) is 16.4. The molecule has 0 spiro atoms. The number of aliphatic hydroxyl groups excluding tert-OH is 1. The van der Waals surface area contributed by atoms with Gasteiger partial charge in [0.25, 0.3) is 0 Å². The van der Waals surface area contributed by atoms with Crippen LogP contribution in [0.15, 0.2) is 30.5 Å². The number of aliphatic hydroxyl groups is 1. The third kappa shape index (κ3) is 10.0. The minimum atomic E-state index is -1.23. The van der Waals surface area contributed by atoms with Crippen LogP contribution in [0.5, 0.6) is 0 Å². The number of hydrogen-bond donors (Lipinski definition) is 4. The van der Waals surface area contributed by atoms with E-state index in [0.717, 1.165) is 24.1 Å². The number of methoxy groups -OCH3 is 1. The number of unbranched alkanes of at least 4 members (excludes halogenated alkanes) is 1. The molecule has 3 fully saturated rings. The number of aryl methyl sites for hydroxylation is 1. The fourth-order valence-electron chi connectivity index (χ4n) is 9.20. The molecule has 1 aromatic carbocycles. The van der Waals surface area contributed by atoms with Gasteiger partial charge in [-0.25, -0.2) is 4.79 Å². The number of carbonyl (C=O) groups excluding carboxylic acids is 3. The number of cyclic esters (lactones) is 1. The van der Waals surface area contributed by atoms with Gasteiger partial charge in [0.1, 0.15) is 23.8 Å². The van der Waals surface area contributed by atoms with Crippen molar-refractivity contribution in [3.05, 3.63) is 30.5 Å². The van der Waals surface area contributed by atoms with Crippen LogP contribution in [-0.2, 0) is 39.8 Å². The van der Waals surface area contributed by atoms with Gasteiger partial charge < -0.3 is 45.6 Å². The Morgan fingerprint density at radius 2 is 1.81 bits per heavy atom. The lowest BCUT2D eigenvalue weighted by Gasteiger charge is -2.45. The molecule has 16 heteroatoms. The molecule has 4 heterocycles. The van der Waals surface area contributed by atoms with Crippen molar-refractivity contribution in [3.63, 3.8) is 0 Å². The van der Waals surface area contributed by atoms with E-state index < -0.39 is 77.6 Å². The Balaban J connectivity index is 1.35. The van der Waals surface area contributed by atoms with Gasteiger partial charge in [0.15, 0.2) is 17.7 Å². The average molecular weight is 814 g/mol. The smallest absolute Gasteiger partial charge is 0.410 e. The first-order valence-corrected chi connectivity index (χ1v) is 20.9. The molecular formula is C42H67N7O9. The number of nitrogens with two attached hydrogens (primary N) is 2. The normalized spacial score (nSPS) is 37.0.